The molecule has 1 aliphatic rings. The van der Waals surface area contributed by atoms with Gasteiger partial charge >= 0.3 is 6.03 Å². The molecule has 0 radical (unpaired) electrons. The Balaban J connectivity index is 2.27. The summed E-state index contributed by atoms with van der Waals surface area (Å²) in [5.41, 5.74) is 0.325. The maximum atomic E-state index is 13.2. The van der Waals surface area contributed by atoms with Gasteiger partial charge in [-0.3, -0.25) is 15.0 Å². The second-order valence-corrected chi connectivity index (χ2v) is 3.97. The van der Waals surface area contributed by atoms with Gasteiger partial charge in [-0.25, -0.2) is 14.2 Å². The number of rotatable bonds is 1. The van der Waals surface area contributed by atoms with Crippen molar-refractivity contribution < 1.29 is 14.0 Å². The molecule has 7 heteroatoms. The van der Waals surface area contributed by atoms with Gasteiger partial charge in [0.25, 0.3) is 0 Å². The van der Waals surface area contributed by atoms with Gasteiger partial charge in [-0.2, -0.15) is 0 Å². The summed E-state index contributed by atoms with van der Waals surface area (Å²) in [4.78, 5) is 27.4. The number of urea groups is 1. The number of hydrogen-bond donors (Lipinski definition) is 1. The molecule has 1 saturated heterocycles. The zero-order valence-electron chi connectivity index (χ0n) is 8.04. The number of amides is 3. The van der Waals surface area contributed by atoms with Crippen LogP contribution >= 0.6 is 15.9 Å². The lowest BCUT2D eigenvalue weighted by atomic mass is 10.3. The lowest BCUT2D eigenvalue weighted by molar-refractivity contribution is -0.120. The quantitative estimate of drug-likeness (QED) is 0.795. The second kappa shape index (κ2) is 4.17. The van der Waals surface area contributed by atoms with Crippen LogP contribution in [0.3, 0.4) is 0 Å². The molecule has 2 rings (SSSR count). The number of aromatic nitrogens is 1. The van der Waals surface area contributed by atoms with Crippen LogP contribution in [0.25, 0.3) is 0 Å². The minimum Gasteiger partial charge on any atom is -0.292 e. The Morgan fingerprint density at radius 2 is 2.25 bits per heavy atom. The summed E-state index contributed by atoms with van der Waals surface area (Å²) in [6, 6.07) is 0.631. The van der Waals surface area contributed by atoms with Gasteiger partial charge in [0.15, 0.2) is 5.82 Å². The van der Waals surface area contributed by atoms with E-state index in [-0.39, 0.29) is 23.5 Å². The second-order valence-electron chi connectivity index (χ2n) is 3.22. The van der Waals surface area contributed by atoms with Crippen molar-refractivity contribution in [1.29, 1.82) is 0 Å². The molecule has 5 nitrogen and oxygen atoms in total. The zero-order chi connectivity index (χ0) is 11.7. The fourth-order valence-corrected chi connectivity index (χ4v) is 1.59. The first kappa shape index (κ1) is 11.0. The number of nitrogens with zero attached hydrogens (tertiary/aromatic N) is 2. The van der Waals surface area contributed by atoms with Gasteiger partial charge in [-0.15, -0.1) is 0 Å². The monoisotopic (exact) mass is 287 g/mol. The van der Waals surface area contributed by atoms with Gasteiger partial charge in [0.1, 0.15) is 4.60 Å². The Morgan fingerprint density at radius 3 is 2.88 bits per heavy atom. The number of nitrogens with one attached hydrogen (secondary N) is 1. The zero-order valence-corrected chi connectivity index (χ0v) is 9.62. The van der Waals surface area contributed by atoms with Crippen molar-refractivity contribution >= 4 is 33.6 Å². The number of hydrogen-bond acceptors (Lipinski definition) is 3. The third-order valence-corrected chi connectivity index (χ3v) is 2.73. The van der Waals surface area contributed by atoms with Crippen LogP contribution in [0.2, 0.25) is 0 Å². The van der Waals surface area contributed by atoms with Gasteiger partial charge in [0.05, 0.1) is 11.9 Å². The van der Waals surface area contributed by atoms with E-state index in [0.29, 0.717) is 5.69 Å². The highest BCUT2D eigenvalue weighted by atomic mass is 79.9. The van der Waals surface area contributed by atoms with Gasteiger partial charge in [-0.05, 0) is 15.9 Å². The van der Waals surface area contributed by atoms with Crippen molar-refractivity contribution in [1.82, 2.24) is 10.3 Å². The largest absolute Gasteiger partial charge is 0.328 e. The van der Waals surface area contributed by atoms with Gasteiger partial charge in [0, 0.05) is 19.0 Å². The molecule has 3 amide bonds. The molecule has 84 valence electrons. The summed E-state index contributed by atoms with van der Waals surface area (Å²) in [6.45, 7) is 0.230. The first-order valence-corrected chi connectivity index (χ1v) is 5.29. The van der Waals surface area contributed by atoms with Crippen LogP contribution in [-0.4, -0.2) is 23.5 Å². The Bertz CT molecular complexity index is 466. The lowest BCUT2D eigenvalue weighted by Gasteiger charge is -2.26. The van der Waals surface area contributed by atoms with E-state index in [4.69, 9.17) is 0 Å². The van der Waals surface area contributed by atoms with Crippen LogP contribution < -0.4 is 10.2 Å². The molecule has 16 heavy (non-hydrogen) atoms. The molecule has 0 atom stereocenters. The highest BCUT2D eigenvalue weighted by molar-refractivity contribution is 9.10. The Hall–Kier alpha value is -1.50. The van der Waals surface area contributed by atoms with E-state index in [1.807, 2.05) is 0 Å². The molecule has 2 heterocycles. The molecule has 0 aromatic carbocycles. The molecule has 1 aromatic rings. The summed E-state index contributed by atoms with van der Waals surface area (Å²) in [5, 5.41) is 2.15. The third-order valence-electron chi connectivity index (χ3n) is 2.15. The van der Waals surface area contributed by atoms with Gasteiger partial charge in [0.2, 0.25) is 5.91 Å². The van der Waals surface area contributed by atoms with Crippen molar-refractivity contribution in [3.63, 3.8) is 0 Å². The number of carbonyl (C=O) groups is 2. The predicted octanol–water partition coefficient (Wildman–Crippen LogP) is 1.43. The molecule has 0 bridgehead atoms. The topological polar surface area (TPSA) is 62.3 Å². The third kappa shape index (κ3) is 2.04. The average molecular weight is 288 g/mol. The van der Waals surface area contributed by atoms with E-state index in [1.54, 1.807) is 0 Å². The van der Waals surface area contributed by atoms with Crippen LogP contribution in [-0.2, 0) is 4.79 Å². The highest BCUT2D eigenvalue weighted by Gasteiger charge is 2.24. The molecule has 0 unspecified atom stereocenters. The maximum Gasteiger partial charge on any atom is 0.328 e. The van der Waals surface area contributed by atoms with Crippen LogP contribution in [0.5, 0.6) is 0 Å². The minimum atomic E-state index is -0.556. The van der Waals surface area contributed by atoms with E-state index in [9.17, 15) is 14.0 Å². The van der Waals surface area contributed by atoms with E-state index in [2.05, 4.69) is 26.2 Å². The van der Waals surface area contributed by atoms with E-state index in [0.717, 1.165) is 0 Å². The first-order valence-electron chi connectivity index (χ1n) is 4.50. The summed E-state index contributed by atoms with van der Waals surface area (Å²) in [5.74, 6) is -0.881. The summed E-state index contributed by atoms with van der Waals surface area (Å²) in [6.07, 6.45) is 1.56. The van der Waals surface area contributed by atoms with Gasteiger partial charge < -0.3 is 0 Å². The number of halogens is 2. The fourth-order valence-electron chi connectivity index (χ4n) is 1.37. The van der Waals surface area contributed by atoms with Crippen molar-refractivity contribution in [3.05, 3.63) is 22.7 Å². The number of pyridine rings is 1. The summed E-state index contributed by atoms with van der Waals surface area (Å²) >= 11 is 2.92. The molecule has 1 N–H and O–H groups in total. The Kier molecular flexibility index (Phi) is 2.86. The average Bonchev–Trinajstić information content (AvgIpc) is 2.22. The molecule has 1 aliphatic heterocycles. The van der Waals surface area contributed by atoms with E-state index < -0.39 is 11.8 Å². The Morgan fingerprint density at radius 1 is 1.50 bits per heavy atom. The predicted molar refractivity (Wildman–Crippen MR) is 57.4 cm³/mol. The smallest absolute Gasteiger partial charge is 0.292 e. The number of imide groups is 1. The molecule has 0 saturated carbocycles. The maximum absolute atomic E-state index is 13.2. The molecule has 0 aliphatic carbocycles. The minimum absolute atomic E-state index is 0.0877. The Labute approximate surface area is 98.8 Å². The highest BCUT2D eigenvalue weighted by Crippen LogP contribution is 2.20. The molecular formula is C9H7BrFN3O2. The van der Waals surface area contributed by atoms with Crippen LogP contribution in [0, 0.1) is 5.82 Å². The molecule has 1 fully saturated rings. The molecule has 0 spiro atoms. The number of carbonyl (C=O) groups excluding carboxylic acids is 2. The molecular weight excluding hydrogens is 281 g/mol. The van der Waals surface area contributed by atoms with Crippen molar-refractivity contribution in [2.75, 3.05) is 11.4 Å². The molecule has 1 aromatic heterocycles. The van der Waals surface area contributed by atoms with Crippen molar-refractivity contribution in [3.8, 4) is 0 Å². The number of anilines is 1. The summed E-state index contributed by atoms with van der Waals surface area (Å²) in [7, 11) is 0. The standard InChI is InChI=1S/C9H7BrFN3O2/c10-8-6(11)3-5(4-12-8)14-2-1-7(15)13-9(14)16/h3-4H,1-2H2,(H,13,15,16). The van der Waals surface area contributed by atoms with E-state index in [1.165, 1.54) is 17.2 Å². The first-order chi connectivity index (χ1) is 7.58. The normalized spacial score (nSPS) is 16.2. The van der Waals surface area contributed by atoms with Crippen LogP contribution in [0.15, 0.2) is 16.9 Å². The van der Waals surface area contributed by atoms with Crippen LogP contribution in [0.1, 0.15) is 6.42 Å². The SMILES string of the molecule is O=C1CCN(c2cnc(Br)c(F)c2)C(=O)N1. The summed E-state index contributed by atoms with van der Waals surface area (Å²) < 4.78 is 13.3. The van der Waals surface area contributed by atoms with Crippen molar-refractivity contribution in [2.45, 2.75) is 6.42 Å². The van der Waals surface area contributed by atoms with Crippen molar-refractivity contribution in [2.24, 2.45) is 0 Å². The lowest BCUT2D eigenvalue weighted by Crippen LogP contribution is -2.49. The fraction of sp³-hybridized carbons (Fsp3) is 0.222. The van der Waals surface area contributed by atoms with Gasteiger partial charge in [-0.1, -0.05) is 0 Å². The van der Waals surface area contributed by atoms with E-state index >= 15 is 0 Å². The van der Waals surface area contributed by atoms with Crippen LogP contribution in [0.4, 0.5) is 14.9 Å².